The summed E-state index contributed by atoms with van der Waals surface area (Å²) < 4.78 is 11.9. The number of piperazine rings is 1. The topological polar surface area (TPSA) is 37.0 Å². The first-order valence-corrected chi connectivity index (χ1v) is 9.08. The Balaban J connectivity index is 1.63. The lowest BCUT2D eigenvalue weighted by Crippen LogP contribution is -2.49. The third kappa shape index (κ3) is 3.99. The lowest BCUT2D eigenvalue weighted by atomic mass is 10.2. The number of nitrogens with zero attached hydrogens (tertiary/aromatic N) is 2. The van der Waals surface area contributed by atoms with Crippen molar-refractivity contribution in [3.8, 4) is 11.5 Å². The van der Waals surface area contributed by atoms with Gasteiger partial charge in [0.15, 0.2) is 11.5 Å². The summed E-state index contributed by atoms with van der Waals surface area (Å²) in [7, 11) is 3.36. The molecule has 2 heterocycles. The summed E-state index contributed by atoms with van der Waals surface area (Å²) in [4.78, 5) is 5.18. The smallest absolute Gasteiger partial charge is 0.161 e. The summed E-state index contributed by atoms with van der Waals surface area (Å²) in [6, 6.07) is 4.79. The van der Waals surface area contributed by atoms with Crippen LogP contribution in [-0.2, 0) is 6.54 Å². The van der Waals surface area contributed by atoms with Crippen LogP contribution in [0.4, 0.5) is 0 Å². The number of halogens is 1. The molecule has 1 N–H and O–H groups in total. The fourth-order valence-electron chi connectivity index (χ4n) is 3.56. The molecule has 2 aliphatic rings. The predicted molar refractivity (Wildman–Crippen MR) is 95.4 cm³/mol. The van der Waals surface area contributed by atoms with Crippen molar-refractivity contribution in [2.45, 2.75) is 19.0 Å². The van der Waals surface area contributed by atoms with Crippen LogP contribution in [0.25, 0.3) is 0 Å². The minimum absolute atomic E-state index is 0.705. The van der Waals surface area contributed by atoms with E-state index in [-0.39, 0.29) is 0 Å². The van der Waals surface area contributed by atoms with E-state index in [4.69, 9.17) is 9.47 Å². The van der Waals surface area contributed by atoms with Gasteiger partial charge >= 0.3 is 0 Å². The van der Waals surface area contributed by atoms with Gasteiger partial charge in [0, 0.05) is 56.3 Å². The zero-order valence-electron chi connectivity index (χ0n) is 14.0. The van der Waals surface area contributed by atoms with Gasteiger partial charge in [-0.25, -0.2) is 0 Å². The van der Waals surface area contributed by atoms with Crippen LogP contribution in [0.5, 0.6) is 11.5 Å². The number of benzene rings is 1. The summed E-state index contributed by atoms with van der Waals surface area (Å²) >= 11 is 3.67. The molecule has 0 aromatic heterocycles. The van der Waals surface area contributed by atoms with Crippen molar-refractivity contribution >= 4 is 15.9 Å². The second kappa shape index (κ2) is 7.83. The molecule has 1 aromatic carbocycles. The van der Waals surface area contributed by atoms with E-state index < -0.39 is 0 Å². The number of hydrogen-bond acceptors (Lipinski definition) is 5. The van der Waals surface area contributed by atoms with Crippen molar-refractivity contribution in [3.63, 3.8) is 0 Å². The third-order valence-electron chi connectivity index (χ3n) is 4.86. The maximum absolute atomic E-state index is 5.43. The van der Waals surface area contributed by atoms with Crippen LogP contribution >= 0.6 is 15.9 Å². The van der Waals surface area contributed by atoms with E-state index in [1.165, 1.54) is 25.1 Å². The van der Waals surface area contributed by atoms with E-state index in [0.29, 0.717) is 6.04 Å². The van der Waals surface area contributed by atoms with Crippen molar-refractivity contribution in [1.82, 2.24) is 15.1 Å². The van der Waals surface area contributed by atoms with Crippen LogP contribution in [0.15, 0.2) is 16.6 Å². The predicted octanol–water partition coefficient (Wildman–Crippen LogP) is 1.95. The Kier molecular flexibility index (Phi) is 5.80. The quantitative estimate of drug-likeness (QED) is 0.840. The van der Waals surface area contributed by atoms with E-state index in [2.05, 4.69) is 37.1 Å². The van der Waals surface area contributed by atoms with E-state index in [1.807, 2.05) is 6.07 Å². The molecule has 0 amide bonds. The molecule has 6 heteroatoms. The van der Waals surface area contributed by atoms with Crippen LogP contribution in [0, 0.1) is 0 Å². The van der Waals surface area contributed by atoms with E-state index >= 15 is 0 Å². The SMILES string of the molecule is COc1cc(Br)c(CN2CCC(N3CCNCC3)C2)cc1OC. The summed E-state index contributed by atoms with van der Waals surface area (Å²) in [5.41, 5.74) is 1.25. The molecule has 5 nitrogen and oxygen atoms in total. The Labute approximate surface area is 147 Å². The highest BCUT2D eigenvalue weighted by Crippen LogP contribution is 2.34. The minimum Gasteiger partial charge on any atom is -0.493 e. The zero-order valence-corrected chi connectivity index (χ0v) is 15.6. The van der Waals surface area contributed by atoms with Gasteiger partial charge in [0.2, 0.25) is 0 Å². The lowest BCUT2D eigenvalue weighted by Gasteiger charge is -2.32. The molecule has 0 aliphatic carbocycles. The molecule has 0 saturated carbocycles. The van der Waals surface area contributed by atoms with Crippen LogP contribution < -0.4 is 14.8 Å². The highest BCUT2D eigenvalue weighted by molar-refractivity contribution is 9.10. The molecular weight excluding hydrogens is 358 g/mol. The van der Waals surface area contributed by atoms with Crippen molar-refractivity contribution in [1.29, 1.82) is 0 Å². The Morgan fingerprint density at radius 2 is 1.83 bits per heavy atom. The van der Waals surface area contributed by atoms with E-state index in [9.17, 15) is 0 Å². The van der Waals surface area contributed by atoms with Crippen LogP contribution in [0.1, 0.15) is 12.0 Å². The first-order valence-electron chi connectivity index (χ1n) is 8.28. The number of ether oxygens (including phenoxy) is 2. The van der Waals surface area contributed by atoms with E-state index in [1.54, 1.807) is 14.2 Å². The summed E-state index contributed by atoms with van der Waals surface area (Å²) in [6.07, 6.45) is 1.27. The molecule has 1 aromatic rings. The van der Waals surface area contributed by atoms with Gasteiger partial charge in [-0.2, -0.15) is 0 Å². The second-order valence-electron chi connectivity index (χ2n) is 6.26. The average molecular weight is 384 g/mol. The standard InChI is InChI=1S/C17H26BrN3O2/c1-22-16-9-13(15(18)10-17(16)23-2)11-20-6-3-14(12-20)21-7-4-19-5-8-21/h9-10,14,19H,3-8,11-12H2,1-2H3. The second-order valence-corrected chi connectivity index (χ2v) is 7.12. The normalized spacial score (nSPS) is 23.2. The van der Waals surface area contributed by atoms with E-state index in [0.717, 1.165) is 48.7 Å². The Morgan fingerprint density at radius 3 is 2.52 bits per heavy atom. The fraction of sp³-hybridized carbons (Fsp3) is 0.647. The van der Waals surface area contributed by atoms with Gasteiger partial charge in [-0.15, -0.1) is 0 Å². The summed E-state index contributed by atoms with van der Waals surface area (Å²) in [5.74, 6) is 1.56. The van der Waals surface area contributed by atoms with Crippen LogP contribution in [0.3, 0.4) is 0 Å². The zero-order chi connectivity index (χ0) is 16.2. The molecule has 1 atom stereocenters. The Morgan fingerprint density at radius 1 is 1.13 bits per heavy atom. The average Bonchev–Trinajstić information content (AvgIpc) is 3.05. The molecule has 2 saturated heterocycles. The minimum atomic E-state index is 0.705. The number of methoxy groups -OCH3 is 2. The maximum Gasteiger partial charge on any atom is 0.161 e. The van der Waals surface area contributed by atoms with Gasteiger partial charge in [0.1, 0.15) is 0 Å². The largest absolute Gasteiger partial charge is 0.493 e. The molecule has 2 aliphatic heterocycles. The Bertz CT molecular complexity index is 535. The molecule has 3 rings (SSSR count). The molecule has 0 bridgehead atoms. The highest BCUT2D eigenvalue weighted by Gasteiger charge is 2.28. The maximum atomic E-state index is 5.43. The van der Waals surface area contributed by atoms with Gasteiger partial charge < -0.3 is 14.8 Å². The molecule has 128 valence electrons. The lowest BCUT2D eigenvalue weighted by molar-refractivity contribution is 0.170. The van der Waals surface area contributed by atoms with Gasteiger partial charge in [-0.3, -0.25) is 9.80 Å². The van der Waals surface area contributed by atoms with Crippen molar-refractivity contribution in [2.24, 2.45) is 0 Å². The molecule has 0 radical (unpaired) electrons. The third-order valence-corrected chi connectivity index (χ3v) is 5.60. The van der Waals surface area contributed by atoms with Gasteiger partial charge in [0.25, 0.3) is 0 Å². The van der Waals surface area contributed by atoms with Gasteiger partial charge in [-0.05, 0) is 24.1 Å². The van der Waals surface area contributed by atoms with Gasteiger partial charge in [0.05, 0.1) is 14.2 Å². The first-order chi connectivity index (χ1) is 11.2. The van der Waals surface area contributed by atoms with Gasteiger partial charge in [-0.1, -0.05) is 15.9 Å². The van der Waals surface area contributed by atoms with Crippen LogP contribution in [-0.4, -0.2) is 69.3 Å². The Hall–Kier alpha value is -0.820. The first kappa shape index (κ1) is 17.0. The van der Waals surface area contributed by atoms with Crippen molar-refractivity contribution in [3.05, 3.63) is 22.2 Å². The molecular formula is C17H26BrN3O2. The number of hydrogen-bond donors (Lipinski definition) is 1. The highest BCUT2D eigenvalue weighted by atomic mass is 79.9. The van der Waals surface area contributed by atoms with Crippen molar-refractivity contribution < 1.29 is 9.47 Å². The monoisotopic (exact) mass is 383 g/mol. The van der Waals surface area contributed by atoms with Crippen LogP contribution in [0.2, 0.25) is 0 Å². The molecule has 2 fully saturated rings. The molecule has 0 spiro atoms. The summed E-state index contributed by atoms with van der Waals surface area (Å²) in [6.45, 7) is 7.87. The fourth-order valence-corrected chi connectivity index (χ4v) is 4.01. The number of rotatable bonds is 5. The summed E-state index contributed by atoms with van der Waals surface area (Å²) in [5, 5.41) is 3.43. The number of likely N-dealkylation sites (tertiary alicyclic amines) is 1. The number of nitrogens with one attached hydrogen (secondary N) is 1. The van der Waals surface area contributed by atoms with Crippen molar-refractivity contribution in [2.75, 3.05) is 53.5 Å². The molecule has 1 unspecified atom stereocenters. The molecule has 23 heavy (non-hydrogen) atoms.